The molecule has 0 aromatic rings. The van der Waals surface area contributed by atoms with E-state index < -0.39 is 6.25 Å². The lowest BCUT2D eigenvalue weighted by molar-refractivity contribution is 0.284. The molecule has 5 heteroatoms. The highest BCUT2D eigenvalue weighted by Gasteiger charge is 2.27. The molecule has 0 aliphatic heterocycles. The largest absolute Gasteiger partial charge is 0.493 e. The third kappa shape index (κ3) is 9.05. The Hall–Kier alpha value is 1.05. The van der Waals surface area contributed by atoms with Crippen molar-refractivity contribution in [2.45, 2.75) is 13.8 Å². The van der Waals surface area contributed by atoms with Crippen LogP contribution in [0.15, 0.2) is 0 Å². The Balaban J connectivity index is 3.28. The lowest BCUT2D eigenvalue weighted by Gasteiger charge is -2.10. The maximum atomic E-state index is 5.42. The Labute approximate surface area is 70.5 Å². The van der Waals surface area contributed by atoms with E-state index >= 15 is 0 Å². The molecule has 56 valence electrons. The summed E-state index contributed by atoms with van der Waals surface area (Å²) in [6.07, 6.45) is -2.80. The van der Waals surface area contributed by atoms with Crippen molar-refractivity contribution >= 4 is 39.5 Å². The van der Waals surface area contributed by atoms with E-state index in [2.05, 4.69) is 0 Å². The summed E-state index contributed by atoms with van der Waals surface area (Å²) < 4.78 is 4.93. The lowest BCUT2D eigenvalue weighted by Crippen LogP contribution is -2.19. The van der Waals surface area contributed by atoms with Crippen LogP contribution >= 0.6 is 33.2 Å². The Kier molecular flexibility index (Phi) is 4.51. The average molecular weight is 208 g/mol. The van der Waals surface area contributed by atoms with Crippen molar-refractivity contribution in [1.29, 1.82) is 0 Å². The Morgan fingerprint density at radius 3 is 1.89 bits per heavy atom. The van der Waals surface area contributed by atoms with Gasteiger partial charge < -0.3 is 4.43 Å². The molecule has 0 N–H and O–H groups in total. The summed E-state index contributed by atoms with van der Waals surface area (Å²) >= 11 is 16.3. The number of hydrogen-bond acceptors (Lipinski definition) is 1. The highest BCUT2D eigenvalue weighted by Crippen LogP contribution is 2.21. The fraction of sp³-hybridized carbons (Fsp3) is 1.00. The quantitative estimate of drug-likeness (QED) is 0.511. The predicted molar refractivity (Wildman–Crippen MR) is 44.1 cm³/mol. The van der Waals surface area contributed by atoms with E-state index in [1.165, 1.54) is 0 Å². The van der Waals surface area contributed by atoms with Crippen LogP contribution in [0.1, 0.15) is 13.8 Å². The summed E-state index contributed by atoms with van der Waals surface area (Å²) in [5.74, 6) is 0.424. The molecule has 0 saturated heterocycles. The minimum Gasteiger partial charge on any atom is -0.381 e. The third-order valence-electron chi connectivity index (χ3n) is 0.580. The van der Waals surface area contributed by atoms with Gasteiger partial charge in [-0.15, -0.1) is 0 Å². The van der Waals surface area contributed by atoms with Gasteiger partial charge in [0.2, 0.25) is 0 Å². The molecule has 1 nitrogen and oxygen atoms in total. The topological polar surface area (TPSA) is 9.23 Å². The molecule has 0 rings (SSSR count). The van der Waals surface area contributed by atoms with Crippen LogP contribution in [0.2, 0.25) is 0 Å². The first-order chi connectivity index (χ1) is 3.92. The van der Waals surface area contributed by atoms with Crippen LogP contribution in [0.3, 0.4) is 0 Å². The van der Waals surface area contributed by atoms with E-state index in [9.17, 15) is 0 Å². The van der Waals surface area contributed by atoms with E-state index in [0.717, 1.165) is 0 Å². The molecule has 0 aromatic carbocycles. The minimum absolute atomic E-state index is 0.424. The molecule has 0 aliphatic carbocycles. The molecule has 0 aliphatic rings. The summed E-state index contributed by atoms with van der Waals surface area (Å²) in [6.45, 7) is 4.54. The maximum Gasteiger partial charge on any atom is 0.493 e. The van der Waals surface area contributed by atoms with Crippen molar-refractivity contribution in [3.63, 3.8) is 0 Å². The highest BCUT2D eigenvalue weighted by atomic mass is 35.8. The average Bonchev–Trinajstić information content (AvgIpc) is 1.59. The zero-order chi connectivity index (χ0) is 7.49. The fourth-order valence-corrected chi connectivity index (χ4v) is 1.35. The van der Waals surface area contributed by atoms with E-state index in [-0.39, 0.29) is 0 Å². The van der Waals surface area contributed by atoms with Crippen LogP contribution in [0.5, 0.6) is 0 Å². The zero-order valence-corrected chi connectivity index (χ0v) is 8.59. The van der Waals surface area contributed by atoms with Crippen LogP contribution in [-0.4, -0.2) is 12.9 Å². The minimum atomic E-state index is -2.80. The van der Waals surface area contributed by atoms with Gasteiger partial charge in [-0.2, -0.15) is 0 Å². The summed E-state index contributed by atoms with van der Waals surface area (Å²) in [5, 5.41) is 0. The van der Waals surface area contributed by atoms with E-state index in [0.29, 0.717) is 12.5 Å². The number of rotatable bonds is 3. The van der Waals surface area contributed by atoms with Crippen LogP contribution in [-0.2, 0) is 4.43 Å². The smallest absolute Gasteiger partial charge is 0.381 e. The van der Waals surface area contributed by atoms with Gasteiger partial charge in [0.25, 0.3) is 0 Å². The predicted octanol–water partition coefficient (Wildman–Crippen LogP) is 2.81. The SMILES string of the molecule is CC(C)CO[Si](Cl)(Cl)Cl. The van der Waals surface area contributed by atoms with Crippen molar-refractivity contribution in [3.05, 3.63) is 0 Å². The van der Waals surface area contributed by atoms with Crippen LogP contribution < -0.4 is 0 Å². The molecule has 0 amide bonds. The molecular weight excluding hydrogens is 198 g/mol. The monoisotopic (exact) mass is 206 g/mol. The molecular formula is C4H9Cl3OSi. The molecule has 0 heterocycles. The molecule has 0 fully saturated rings. The second kappa shape index (κ2) is 4.04. The molecule has 0 aromatic heterocycles. The molecule has 0 unspecified atom stereocenters. The van der Waals surface area contributed by atoms with Gasteiger partial charge in [0, 0.05) is 6.61 Å². The van der Waals surface area contributed by atoms with Gasteiger partial charge in [-0.1, -0.05) is 47.1 Å². The van der Waals surface area contributed by atoms with Gasteiger partial charge in [-0.3, -0.25) is 0 Å². The van der Waals surface area contributed by atoms with Gasteiger partial charge in [0.15, 0.2) is 0 Å². The third-order valence-corrected chi connectivity index (χ3v) is 2.06. The van der Waals surface area contributed by atoms with Crippen molar-refractivity contribution < 1.29 is 4.43 Å². The first-order valence-electron chi connectivity index (χ1n) is 2.62. The van der Waals surface area contributed by atoms with Gasteiger partial charge in [0.05, 0.1) is 0 Å². The number of hydrogen-bond donors (Lipinski definition) is 0. The normalized spacial score (nSPS) is 12.7. The summed E-state index contributed by atoms with van der Waals surface area (Å²) in [6, 6.07) is 0. The molecule has 0 saturated carbocycles. The molecule has 9 heavy (non-hydrogen) atoms. The second-order valence-corrected chi connectivity index (χ2v) is 9.86. The van der Waals surface area contributed by atoms with Crippen molar-refractivity contribution in [2.75, 3.05) is 6.61 Å². The van der Waals surface area contributed by atoms with E-state index in [4.69, 9.17) is 37.7 Å². The van der Waals surface area contributed by atoms with Gasteiger partial charge in [-0.05, 0) is 5.92 Å². The molecule has 0 radical (unpaired) electrons. The van der Waals surface area contributed by atoms with E-state index in [1.54, 1.807) is 0 Å². The van der Waals surface area contributed by atoms with Crippen molar-refractivity contribution in [1.82, 2.24) is 0 Å². The molecule has 0 bridgehead atoms. The second-order valence-electron chi connectivity index (χ2n) is 2.15. The fourth-order valence-electron chi connectivity index (χ4n) is 0.261. The van der Waals surface area contributed by atoms with Crippen molar-refractivity contribution in [2.24, 2.45) is 5.92 Å². The summed E-state index contributed by atoms with van der Waals surface area (Å²) in [7, 11) is 0. The van der Waals surface area contributed by atoms with Crippen LogP contribution in [0.25, 0.3) is 0 Å². The Bertz CT molecular complexity index is 80.4. The first kappa shape index (κ1) is 10.0. The van der Waals surface area contributed by atoms with Crippen LogP contribution in [0, 0.1) is 5.92 Å². The van der Waals surface area contributed by atoms with Gasteiger partial charge in [-0.25, -0.2) is 0 Å². The summed E-state index contributed by atoms with van der Waals surface area (Å²) in [4.78, 5) is 0. The number of halogens is 3. The molecule has 0 atom stereocenters. The van der Waals surface area contributed by atoms with Gasteiger partial charge >= 0.3 is 6.25 Å². The lowest BCUT2D eigenvalue weighted by atomic mass is 10.2. The molecule has 0 spiro atoms. The Morgan fingerprint density at radius 1 is 1.33 bits per heavy atom. The Morgan fingerprint density at radius 2 is 1.78 bits per heavy atom. The van der Waals surface area contributed by atoms with Crippen molar-refractivity contribution in [3.8, 4) is 0 Å². The van der Waals surface area contributed by atoms with Crippen LogP contribution in [0.4, 0.5) is 0 Å². The maximum absolute atomic E-state index is 5.42. The highest BCUT2D eigenvalue weighted by molar-refractivity contribution is 7.62. The van der Waals surface area contributed by atoms with E-state index in [1.807, 2.05) is 13.8 Å². The zero-order valence-electron chi connectivity index (χ0n) is 5.33. The summed E-state index contributed by atoms with van der Waals surface area (Å²) in [5.41, 5.74) is 0. The first-order valence-corrected chi connectivity index (χ1v) is 7.57. The van der Waals surface area contributed by atoms with Gasteiger partial charge in [0.1, 0.15) is 0 Å². The standard InChI is InChI=1S/C4H9Cl3OSi/c1-4(2)3-8-9(5,6)7/h4H,3H2,1-2H3.